The van der Waals surface area contributed by atoms with Crippen LogP contribution in [0.2, 0.25) is 0 Å². The Morgan fingerprint density at radius 3 is 2.75 bits per heavy atom. The van der Waals surface area contributed by atoms with Gasteiger partial charge < -0.3 is 16.0 Å². The number of nitrogens with two attached hydrogens (primary N) is 1. The van der Waals surface area contributed by atoms with E-state index in [-0.39, 0.29) is 24.9 Å². The number of likely N-dealkylation sites (tertiary alicyclic amines) is 1. The second-order valence-corrected chi connectivity index (χ2v) is 4.93. The molecule has 1 fully saturated rings. The molecule has 2 rings (SSSR count). The molecule has 1 unspecified atom stereocenters. The summed E-state index contributed by atoms with van der Waals surface area (Å²) in [5.41, 5.74) is 6.04. The van der Waals surface area contributed by atoms with Crippen LogP contribution in [0.3, 0.4) is 0 Å². The maximum atomic E-state index is 12.0. The van der Waals surface area contributed by atoms with Gasteiger partial charge in [-0.25, -0.2) is 4.68 Å². The third kappa shape index (κ3) is 3.53. The third-order valence-electron chi connectivity index (χ3n) is 3.27. The molecule has 0 saturated carbocycles. The molecule has 0 bridgehead atoms. The fraction of sp³-hybridized carbons (Fsp3) is 0.667. The van der Waals surface area contributed by atoms with Crippen molar-refractivity contribution in [2.75, 3.05) is 13.1 Å². The van der Waals surface area contributed by atoms with Crippen LogP contribution in [0.4, 0.5) is 0 Å². The zero-order valence-electron chi connectivity index (χ0n) is 11.6. The van der Waals surface area contributed by atoms with Gasteiger partial charge in [-0.2, -0.15) is 0 Å². The van der Waals surface area contributed by atoms with Crippen molar-refractivity contribution in [2.45, 2.75) is 38.9 Å². The standard InChI is InChI=1S/C12H20N6O2/c1-9(12(20)17-4-2-3-5-17)14-11(19)8-18-7-10(6-13)15-16-18/h7,9H,2-6,8,13H2,1H3,(H,14,19). The molecule has 1 aromatic rings. The van der Waals surface area contributed by atoms with Crippen LogP contribution in [0.15, 0.2) is 6.20 Å². The van der Waals surface area contributed by atoms with Crippen LogP contribution in [0, 0.1) is 0 Å². The Kier molecular flexibility index (Phi) is 4.67. The number of hydrogen-bond acceptors (Lipinski definition) is 5. The molecule has 3 N–H and O–H groups in total. The van der Waals surface area contributed by atoms with E-state index in [2.05, 4.69) is 15.6 Å². The van der Waals surface area contributed by atoms with Crippen molar-refractivity contribution in [2.24, 2.45) is 5.73 Å². The lowest BCUT2D eigenvalue weighted by molar-refractivity contribution is -0.135. The van der Waals surface area contributed by atoms with Gasteiger partial charge in [-0.05, 0) is 19.8 Å². The zero-order valence-corrected chi connectivity index (χ0v) is 11.6. The van der Waals surface area contributed by atoms with Crippen LogP contribution in [0.25, 0.3) is 0 Å². The van der Waals surface area contributed by atoms with E-state index >= 15 is 0 Å². The average molecular weight is 280 g/mol. The molecule has 0 aromatic carbocycles. The number of nitrogens with one attached hydrogen (secondary N) is 1. The van der Waals surface area contributed by atoms with Crippen molar-refractivity contribution in [3.8, 4) is 0 Å². The van der Waals surface area contributed by atoms with Crippen molar-refractivity contribution < 1.29 is 9.59 Å². The first kappa shape index (κ1) is 14.4. The summed E-state index contributed by atoms with van der Waals surface area (Å²) in [6.45, 7) is 3.57. The molecule has 0 radical (unpaired) electrons. The Balaban J connectivity index is 1.82. The van der Waals surface area contributed by atoms with Gasteiger partial charge in [0, 0.05) is 19.6 Å². The van der Waals surface area contributed by atoms with Crippen LogP contribution < -0.4 is 11.1 Å². The Labute approximate surface area is 117 Å². The lowest BCUT2D eigenvalue weighted by atomic mass is 10.3. The highest BCUT2D eigenvalue weighted by atomic mass is 16.2. The number of nitrogens with zero attached hydrogens (tertiary/aromatic N) is 4. The molecule has 8 nitrogen and oxygen atoms in total. The predicted molar refractivity (Wildman–Crippen MR) is 71.3 cm³/mol. The first-order valence-corrected chi connectivity index (χ1v) is 6.77. The first-order chi connectivity index (χ1) is 9.60. The highest BCUT2D eigenvalue weighted by Crippen LogP contribution is 2.08. The Morgan fingerprint density at radius 1 is 1.45 bits per heavy atom. The Morgan fingerprint density at radius 2 is 2.15 bits per heavy atom. The minimum Gasteiger partial charge on any atom is -0.343 e. The quantitative estimate of drug-likeness (QED) is 0.709. The van der Waals surface area contributed by atoms with E-state index in [4.69, 9.17) is 5.73 Å². The maximum absolute atomic E-state index is 12.0. The summed E-state index contributed by atoms with van der Waals surface area (Å²) in [6.07, 6.45) is 3.69. The highest BCUT2D eigenvalue weighted by molar-refractivity contribution is 5.87. The second kappa shape index (κ2) is 6.47. The first-order valence-electron chi connectivity index (χ1n) is 6.77. The molecule has 1 aromatic heterocycles. The molecule has 2 amide bonds. The summed E-state index contributed by atoms with van der Waals surface area (Å²) in [6, 6.07) is -0.516. The molecule has 1 aliphatic rings. The molecule has 0 spiro atoms. The summed E-state index contributed by atoms with van der Waals surface area (Å²) in [5.74, 6) is -0.296. The largest absolute Gasteiger partial charge is 0.343 e. The van der Waals surface area contributed by atoms with Gasteiger partial charge in [-0.1, -0.05) is 5.21 Å². The molecule has 1 saturated heterocycles. The van der Waals surface area contributed by atoms with E-state index < -0.39 is 6.04 Å². The Bertz CT molecular complexity index is 480. The fourth-order valence-electron chi connectivity index (χ4n) is 2.22. The topological polar surface area (TPSA) is 106 Å². The van der Waals surface area contributed by atoms with Gasteiger partial charge in [0.15, 0.2) is 0 Å². The minimum absolute atomic E-state index is 0.0305. The van der Waals surface area contributed by atoms with E-state index in [1.165, 1.54) is 4.68 Å². The molecular formula is C12H20N6O2. The van der Waals surface area contributed by atoms with Crippen LogP contribution >= 0.6 is 0 Å². The van der Waals surface area contributed by atoms with Gasteiger partial charge in [-0.15, -0.1) is 5.10 Å². The summed E-state index contributed by atoms with van der Waals surface area (Å²) in [5, 5.41) is 10.3. The SMILES string of the molecule is CC(NC(=O)Cn1cc(CN)nn1)C(=O)N1CCCC1. The van der Waals surface area contributed by atoms with Crippen molar-refractivity contribution in [3.63, 3.8) is 0 Å². The normalized spacial score (nSPS) is 16.2. The predicted octanol–water partition coefficient (Wildman–Crippen LogP) is -1.14. The summed E-state index contributed by atoms with van der Waals surface area (Å²) in [4.78, 5) is 25.7. The van der Waals surface area contributed by atoms with E-state index in [1.807, 2.05) is 0 Å². The summed E-state index contributed by atoms with van der Waals surface area (Å²) >= 11 is 0. The third-order valence-corrected chi connectivity index (χ3v) is 3.27. The summed E-state index contributed by atoms with van der Waals surface area (Å²) in [7, 11) is 0. The van der Waals surface area contributed by atoms with Gasteiger partial charge in [0.05, 0.1) is 11.9 Å². The van der Waals surface area contributed by atoms with Gasteiger partial charge >= 0.3 is 0 Å². The molecular weight excluding hydrogens is 260 g/mol. The number of rotatable bonds is 5. The Hall–Kier alpha value is -1.96. The number of amides is 2. The van der Waals surface area contributed by atoms with Crippen molar-refractivity contribution >= 4 is 11.8 Å². The fourth-order valence-corrected chi connectivity index (χ4v) is 2.22. The van der Waals surface area contributed by atoms with E-state index in [0.717, 1.165) is 25.9 Å². The molecule has 8 heteroatoms. The van der Waals surface area contributed by atoms with E-state index in [0.29, 0.717) is 5.69 Å². The molecule has 1 aliphatic heterocycles. The molecule has 20 heavy (non-hydrogen) atoms. The van der Waals surface area contributed by atoms with Gasteiger partial charge in [0.1, 0.15) is 12.6 Å². The minimum atomic E-state index is -0.516. The summed E-state index contributed by atoms with van der Waals surface area (Å²) < 4.78 is 1.41. The average Bonchev–Trinajstić information content (AvgIpc) is 3.08. The lowest BCUT2D eigenvalue weighted by Gasteiger charge is -2.21. The van der Waals surface area contributed by atoms with Gasteiger partial charge in [0.25, 0.3) is 0 Å². The number of carbonyl (C=O) groups is 2. The monoisotopic (exact) mass is 280 g/mol. The second-order valence-electron chi connectivity index (χ2n) is 4.93. The smallest absolute Gasteiger partial charge is 0.244 e. The van der Waals surface area contributed by atoms with Gasteiger partial charge in [0.2, 0.25) is 11.8 Å². The molecule has 0 aliphatic carbocycles. The molecule has 110 valence electrons. The number of carbonyl (C=O) groups excluding carboxylic acids is 2. The van der Waals surface area contributed by atoms with Gasteiger partial charge in [-0.3, -0.25) is 9.59 Å². The van der Waals surface area contributed by atoms with Crippen LogP contribution in [0.5, 0.6) is 0 Å². The maximum Gasteiger partial charge on any atom is 0.244 e. The molecule has 2 heterocycles. The van der Waals surface area contributed by atoms with Crippen LogP contribution in [-0.4, -0.2) is 50.8 Å². The number of hydrogen-bond donors (Lipinski definition) is 2. The van der Waals surface area contributed by atoms with Crippen molar-refractivity contribution in [1.82, 2.24) is 25.2 Å². The molecule has 1 atom stereocenters. The van der Waals surface area contributed by atoms with Crippen LogP contribution in [-0.2, 0) is 22.7 Å². The lowest BCUT2D eigenvalue weighted by Crippen LogP contribution is -2.46. The van der Waals surface area contributed by atoms with Crippen LogP contribution in [0.1, 0.15) is 25.5 Å². The number of aromatic nitrogens is 3. The van der Waals surface area contributed by atoms with Crippen molar-refractivity contribution in [3.05, 3.63) is 11.9 Å². The van der Waals surface area contributed by atoms with Crippen molar-refractivity contribution in [1.29, 1.82) is 0 Å². The highest BCUT2D eigenvalue weighted by Gasteiger charge is 2.24. The van der Waals surface area contributed by atoms with E-state index in [9.17, 15) is 9.59 Å². The zero-order chi connectivity index (χ0) is 14.5. The van der Waals surface area contributed by atoms with E-state index in [1.54, 1.807) is 18.0 Å².